The van der Waals surface area contributed by atoms with Crippen molar-refractivity contribution in [1.82, 2.24) is 26.2 Å². The van der Waals surface area contributed by atoms with Crippen molar-refractivity contribution >= 4 is 18.0 Å². The molecule has 0 heterocycles. The average molecular weight is 259 g/mol. The van der Waals surface area contributed by atoms with Crippen LogP contribution in [0.25, 0.3) is 0 Å². The fourth-order valence-corrected chi connectivity index (χ4v) is 0.981. The topological polar surface area (TPSA) is 103 Å². The number of nitrogens with zero attached hydrogens (tertiary/aromatic N) is 1. The van der Waals surface area contributed by atoms with Crippen LogP contribution < -0.4 is 21.3 Å². The van der Waals surface area contributed by atoms with Crippen LogP contribution in [0.4, 0.5) is 9.59 Å². The molecule has 5 amide bonds. The van der Waals surface area contributed by atoms with Gasteiger partial charge in [-0.2, -0.15) is 0 Å². The van der Waals surface area contributed by atoms with Crippen molar-refractivity contribution in [2.75, 3.05) is 40.3 Å². The number of nitrogens with one attached hydrogen (secondary N) is 4. The van der Waals surface area contributed by atoms with Gasteiger partial charge in [-0.05, 0) is 0 Å². The van der Waals surface area contributed by atoms with Crippen molar-refractivity contribution in [2.24, 2.45) is 0 Å². The Kier molecular flexibility index (Phi) is 8.08. The Hall–Kier alpha value is -1.99. The average Bonchev–Trinajstić information content (AvgIpc) is 2.29. The molecule has 0 saturated heterocycles. The van der Waals surface area contributed by atoms with E-state index in [4.69, 9.17) is 0 Å². The van der Waals surface area contributed by atoms with Gasteiger partial charge in [0.25, 0.3) is 0 Å². The Bertz CT molecular complexity index is 293. The summed E-state index contributed by atoms with van der Waals surface area (Å²) in [6.45, 7) is 2.85. The van der Waals surface area contributed by atoms with E-state index < -0.39 is 0 Å². The molecule has 8 nitrogen and oxygen atoms in total. The molecule has 0 saturated carbocycles. The second-order valence-electron chi connectivity index (χ2n) is 3.79. The fraction of sp³-hybridized carbons (Fsp3) is 0.700. The van der Waals surface area contributed by atoms with Gasteiger partial charge in [-0.3, -0.25) is 4.79 Å². The molecule has 4 N–H and O–H groups in total. The minimum atomic E-state index is -0.334. The zero-order chi connectivity index (χ0) is 14.0. The van der Waals surface area contributed by atoms with E-state index in [1.165, 1.54) is 11.8 Å². The standard InChI is InChI=1S/C10H21N5O3/c1-8(16)11-4-5-12-9(17)13-6-7-14-10(18)15(2)3/h4-7H2,1-3H3,(H,11,16)(H,14,18)(H2,12,13,17). The van der Waals surface area contributed by atoms with Crippen LogP contribution in [0.5, 0.6) is 0 Å². The molecular formula is C10H21N5O3. The second-order valence-corrected chi connectivity index (χ2v) is 3.79. The minimum Gasteiger partial charge on any atom is -0.355 e. The minimum absolute atomic E-state index is 0.136. The molecule has 0 radical (unpaired) electrons. The van der Waals surface area contributed by atoms with E-state index in [1.807, 2.05) is 0 Å². The summed E-state index contributed by atoms with van der Waals surface area (Å²) in [5, 5.41) is 10.3. The van der Waals surface area contributed by atoms with Crippen LogP contribution in [-0.4, -0.2) is 63.1 Å². The lowest BCUT2D eigenvalue weighted by atomic mass is 10.5. The number of carbonyl (C=O) groups excluding carboxylic acids is 3. The fourth-order valence-electron chi connectivity index (χ4n) is 0.981. The van der Waals surface area contributed by atoms with Crippen molar-refractivity contribution in [1.29, 1.82) is 0 Å². The first kappa shape index (κ1) is 16.0. The Balaban J connectivity index is 3.43. The quantitative estimate of drug-likeness (QED) is 0.445. The van der Waals surface area contributed by atoms with Gasteiger partial charge in [0.05, 0.1) is 0 Å². The van der Waals surface area contributed by atoms with Gasteiger partial charge in [0.15, 0.2) is 0 Å². The number of amides is 5. The third-order valence-corrected chi connectivity index (χ3v) is 1.88. The van der Waals surface area contributed by atoms with E-state index in [9.17, 15) is 14.4 Å². The maximum atomic E-state index is 11.2. The van der Waals surface area contributed by atoms with Gasteiger partial charge in [0, 0.05) is 47.2 Å². The molecule has 0 fully saturated rings. The highest BCUT2D eigenvalue weighted by Crippen LogP contribution is 1.75. The molecule has 0 spiro atoms. The van der Waals surface area contributed by atoms with Crippen molar-refractivity contribution < 1.29 is 14.4 Å². The molecule has 104 valence electrons. The van der Waals surface area contributed by atoms with E-state index >= 15 is 0 Å². The van der Waals surface area contributed by atoms with E-state index in [2.05, 4.69) is 21.3 Å². The number of urea groups is 2. The second kappa shape index (κ2) is 9.08. The smallest absolute Gasteiger partial charge is 0.316 e. The van der Waals surface area contributed by atoms with E-state index in [1.54, 1.807) is 14.1 Å². The number of hydrogen-bond donors (Lipinski definition) is 4. The monoisotopic (exact) mass is 259 g/mol. The highest BCUT2D eigenvalue weighted by Gasteiger charge is 2.02. The van der Waals surface area contributed by atoms with Gasteiger partial charge in [0.1, 0.15) is 0 Å². The molecule has 0 bridgehead atoms. The Labute approximate surface area is 106 Å². The SMILES string of the molecule is CC(=O)NCCNC(=O)NCCNC(=O)N(C)C. The molecule has 0 atom stereocenters. The van der Waals surface area contributed by atoms with Crippen LogP contribution in [0.2, 0.25) is 0 Å². The highest BCUT2D eigenvalue weighted by atomic mass is 16.2. The van der Waals surface area contributed by atoms with Gasteiger partial charge >= 0.3 is 12.1 Å². The molecule has 0 aromatic heterocycles. The van der Waals surface area contributed by atoms with Crippen molar-refractivity contribution in [3.05, 3.63) is 0 Å². The first-order valence-corrected chi connectivity index (χ1v) is 5.64. The Morgan fingerprint density at radius 3 is 1.72 bits per heavy atom. The molecule has 18 heavy (non-hydrogen) atoms. The summed E-state index contributed by atoms with van der Waals surface area (Å²) >= 11 is 0. The lowest BCUT2D eigenvalue weighted by Gasteiger charge is -2.12. The number of hydrogen-bond acceptors (Lipinski definition) is 3. The zero-order valence-electron chi connectivity index (χ0n) is 11.0. The molecule has 0 aromatic rings. The van der Waals surface area contributed by atoms with Crippen LogP contribution in [-0.2, 0) is 4.79 Å². The third-order valence-electron chi connectivity index (χ3n) is 1.88. The van der Waals surface area contributed by atoms with Gasteiger partial charge in [-0.25, -0.2) is 9.59 Å². The van der Waals surface area contributed by atoms with Crippen molar-refractivity contribution in [3.63, 3.8) is 0 Å². The van der Waals surface area contributed by atoms with E-state index in [0.29, 0.717) is 26.2 Å². The van der Waals surface area contributed by atoms with Crippen LogP contribution in [0.1, 0.15) is 6.92 Å². The van der Waals surface area contributed by atoms with Gasteiger partial charge in [-0.15, -0.1) is 0 Å². The predicted molar refractivity (Wildman–Crippen MR) is 67.2 cm³/mol. The normalized spacial score (nSPS) is 9.28. The molecule has 0 unspecified atom stereocenters. The van der Waals surface area contributed by atoms with Gasteiger partial charge < -0.3 is 26.2 Å². The Morgan fingerprint density at radius 2 is 1.28 bits per heavy atom. The zero-order valence-corrected chi connectivity index (χ0v) is 11.0. The largest absolute Gasteiger partial charge is 0.355 e. The van der Waals surface area contributed by atoms with Gasteiger partial charge in [-0.1, -0.05) is 0 Å². The summed E-state index contributed by atoms with van der Waals surface area (Å²) in [6.07, 6.45) is 0. The molecule has 0 rings (SSSR count). The summed E-state index contributed by atoms with van der Waals surface area (Å²) < 4.78 is 0. The molecule has 8 heteroatoms. The van der Waals surface area contributed by atoms with Gasteiger partial charge in [0.2, 0.25) is 5.91 Å². The molecule has 0 aliphatic carbocycles. The van der Waals surface area contributed by atoms with Crippen LogP contribution >= 0.6 is 0 Å². The van der Waals surface area contributed by atoms with Crippen LogP contribution in [0, 0.1) is 0 Å². The highest BCUT2D eigenvalue weighted by molar-refractivity contribution is 5.75. The maximum Gasteiger partial charge on any atom is 0.316 e. The third kappa shape index (κ3) is 9.25. The number of carbonyl (C=O) groups is 3. The summed E-state index contributed by atoms with van der Waals surface area (Å²) in [6, 6.07) is -0.540. The molecule has 0 aliphatic rings. The number of rotatable bonds is 6. The Morgan fingerprint density at radius 1 is 0.833 bits per heavy atom. The summed E-state index contributed by atoms with van der Waals surface area (Å²) in [7, 11) is 3.27. The van der Waals surface area contributed by atoms with Crippen molar-refractivity contribution in [3.8, 4) is 0 Å². The lowest BCUT2D eigenvalue weighted by Crippen LogP contribution is -2.44. The maximum absolute atomic E-state index is 11.2. The van der Waals surface area contributed by atoms with Crippen molar-refractivity contribution in [2.45, 2.75) is 6.92 Å². The summed E-state index contributed by atoms with van der Waals surface area (Å²) in [4.78, 5) is 34.3. The first-order valence-electron chi connectivity index (χ1n) is 5.64. The predicted octanol–water partition coefficient (Wildman–Crippen LogP) is -1.31. The van der Waals surface area contributed by atoms with E-state index in [-0.39, 0.29) is 18.0 Å². The first-order chi connectivity index (χ1) is 8.43. The van der Waals surface area contributed by atoms with E-state index in [0.717, 1.165) is 0 Å². The molecule has 0 aromatic carbocycles. The summed E-state index contributed by atoms with van der Waals surface area (Å²) in [5.74, 6) is -0.136. The van der Waals surface area contributed by atoms with Crippen LogP contribution in [0.3, 0.4) is 0 Å². The lowest BCUT2D eigenvalue weighted by molar-refractivity contribution is -0.118. The van der Waals surface area contributed by atoms with Crippen LogP contribution in [0.15, 0.2) is 0 Å². The molecule has 0 aliphatic heterocycles. The summed E-state index contributed by atoms with van der Waals surface area (Å²) in [5.41, 5.74) is 0. The molecular weight excluding hydrogens is 238 g/mol.